The summed E-state index contributed by atoms with van der Waals surface area (Å²) in [6, 6.07) is 8.76. The van der Waals surface area contributed by atoms with Crippen molar-refractivity contribution in [2.75, 3.05) is 6.54 Å². The maximum atomic E-state index is 4.67. The lowest BCUT2D eigenvalue weighted by Crippen LogP contribution is -2.30. The van der Waals surface area contributed by atoms with E-state index in [2.05, 4.69) is 34.3 Å². The standard InChI is InChI=1S/C17H21N3/c1-2-19-17(14-8-4-10-18-12-14)15-9-3-6-13-7-5-11-20-16(13)15/h4-5,7-8,10-12,15,17,19H,2-3,6,9H2,1H3. The summed E-state index contributed by atoms with van der Waals surface area (Å²) in [5.41, 5.74) is 3.95. The van der Waals surface area contributed by atoms with Crippen LogP contribution in [0.5, 0.6) is 0 Å². The molecule has 3 nitrogen and oxygen atoms in total. The molecular formula is C17H21N3. The molecule has 2 atom stereocenters. The van der Waals surface area contributed by atoms with Gasteiger partial charge in [-0.3, -0.25) is 9.97 Å². The Kier molecular flexibility index (Phi) is 4.07. The molecule has 2 heterocycles. The first kappa shape index (κ1) is 13.3. The van der Waals surface area contributed by atoms with Crippen LogP contribution in [0.2, 0.25) is 0 Å². The van der Waals surface area contributed by atoms with E-state index in [1.54, 1.807) is 0 Å². The summed E-state index contributed by atoms with van der Waals surface area (Å²) < 4.78 is 0. The number of likely N-dealkylation sites (N-methyl/N-ethyl adjacent to an activating group) is 1. The van der Waals surface area contributed by atoms with Crippen LogP contribution in [-0.2, 0) is 6.42 Å². The van der Waals surface area contributed by atoms with Gasteiger partial charge >= 0.3 is 0 Å². The van der Waals surface area contributed by atoms with E-state index >= 15 is 0 Å². The molecule has 1 N–H and O–H groups in total. The van der Waals surface area contributed by atoms with Crippen LogP contribution in [0.3, 0.4) is 0 Å². The molecule has 3 rings (SSSR count). The lowest BCUT2D eigenvalue weighted by molar-refractivity contribution is 0.400. The number of hydrogen-bond donors (Lipinski definition) is 1. The quantitative estimate of drug-likeness (QED) is 0.924. The van der Waals surface area contributed by atoms with Gasteiger partial charge in [0.25, 0.3) is 0 Å². The Hall–Kier alpha value is -1.74. The average Bonchev–Trinajstić information content (AvgIpc) is 2.53. The third kappa shape index (κ3) is 2.59. The molecule has 2 unspecified atom stereocenters. The predicted octanol–water partition coefficient (Wildman–Crippen LogP) is 3.25. The minimum Gasteiger partial charge on any atom is -0.310 e. The van der Waals surface area contributed by atoms with Gasteiger partial charge in [0.1, 0.15) is 0 Å². The van der Waals surface area contributed by atoms with Crippen LogP contribution in [0, 0.1) is 0 Å². The van der Waals surface area contributed by atoms with Gasteiger partial charge in [-0.25, -0.2) is 0 Å². The smallest absolute Gasteiger partial charge is 0.0485 e. The Morgan fingerprint density at radius 1 is 1.30 bits per heavy atom. The number of hydrogen-bond acceptors (Lipinski definition) is 3. The average molecular weight is 267 g/mol. The molecule has 0 saturated heterocycles. The fourth-order valence-electron chi connectivity index (χ4n) is 3.24. The first-order valence-corrected chi connectivity index (χ1v) is 7.47. The van der Waals surface area contributed by atoms with E-state index in [0.717, 1.165) is 13.0 Å². The minimum atomic E-state index is 0.308. The molecule has 0 spiro atoms. The Morgan fingerprint density at radius 3 is 3.00 bits per heavy atom. The van der Waals surface area contributed by atoms with Crippen LogP contribution in [0.1, 0.15) is 48.5 Å². The summed E-state index contributed by atoms with van der Waals surface area (Å²) in [6.45, 7) is 3.11. The molecule has 0 aliphatic heterocycles. The third-order valence-corrected chi connectivity index (χ3v) is 4.11. The largest absolute Gasteiger partial charge is 0.310 e. The zero-order valence-electron chi connectivity index (χ0n) is 11.9. The first-order valence-electron chi connectivity index (χ1n) is 7.47. The van der Waals surface area contributed by atoms with E-state index < -0.39 is 0 Å². The van der Waals surface area contributed by atoms with Gasteiger partial charge < -0.3 is 5.32 Å². The molecule has 0 aromatic carbocycles. The van der Waals surface area contributed by atoms with Crippen molar-refractivity contribution < 1.29 is 0 Å². The second kappa shape index (κ2) is 6.14. The molecule has 0 radical (unpaired) electrons. The monoisotopic (exact) mass is 267 g/mol. The van der Waals surface area contributed by atoms with Gasteiger partial charge in [-0.15, -0.1) is 0 Å². The molecule has 2 aromatic heterocycles. The van der Waals surface area contributed by atoms with Gasteiger partial charge in [-0.05, 0) is 49.1 Å². The zero-order valence-corrected chi connectivity index (χ0v) is 11.9. The number of nitrogens with zero attached hydrogens (tertiary/aromatic N) is 2. The molecule has 3 heteroatoms. The fourth-order valence-corrected chi connectivity index (χ4v) is 3.24. The highest BCUT2D eigenvalue weighted by Gasteiger charge is 2.29. The van der Waals surface area contributed by atoms with E-state index in [1.807, 2.05) is 30.7 Å². The van der Waals surface area contributed by atoms with E-state index in [-0.39, 0.29) is 0 Å². The maximum Gasteiger partial charge on any atom is 0.0485 e. The summed E-state index contributed by atoms with van der Waals surface area (Å²) in [4.78, 5) is 8.95. The maximum absolute atomic E-state index is 4.67. The van der Waals surface area contributed by atoms with Crippen molar-refractivity contribution in [3.63, 3.8) is 0 Å². The summed E-state index contributed by atoms with van der Waals surface area (Å²) in [6.07, 6.45) is 9.32. The van der Waals surface area contributed by atoms with Crippen molar-refractivity contribution in [3.05, 3.63) is 59.7 Å². The molecule has 0 fully saturated rings. The Balaban J connectivity index is 1.97. The molecule has 0 saturated carbocycles. The summed E-state index contributed by atoms with van der Waals surface area (Å²) in [5, 5.41) is 3.63. The second-order valence-corrected chi connectivity index (χ2v) is 5.37. The van der Waals surface area contributed by atoms with E-state index in [4.69, 9.17) is 0 Å². The number of fused-ring (bicyclic) bond motifs is 1. The fraction of sp³-hybridized carbons (Fsp3) is 0.412. The van der Waals surface area contributed by atoms with Gasteiger partial charge in [-0.1, -0.05) is 19.1 Å². The van der Waals surface area contributed by atoms with Crippen molar-refractivity contribution in [2.24, 2.45) is 0 Å². The predicted molar refractivity (Wildman–Crippen MR) is 80.6 cm³/mol. The van der Waals surface area contributed by atoms with Gasteiger partial charge in [-0.2, -0.15) is 0 Å². The van der Waals surface area contributed by atoms with Crippen LogP contribution in [0.4, 0.5) is 0 Å². The second-order valence-electron chi connectivity index (χ2n) is 5.37. The molecule has 1 aliphatic rings. The van der Waals surface area contributed by atoms with Gasteiger partial charge in [0.15, 0.2) is 0 Å². The van der Waals surface area contributed by atoms with E-state index in [0.29, 0.717) is 12.0 Å². The first-order chi connectivity index (χ1) is 9.90. The van der Waals surface area contributed by atoms with Gasteiger partial charge in [0.05, 0.1) is 0 Å². The zero-order chi connectivity index (χ0) is 13.8. The number of rotatable bonds is 4. The van der Waals surface area contributed by atoms with Crippen molar-refractivity contribution in [2.45, 2.75) is 38.1 Å². The lowest BCUT2D eigenvalue weighted by atomic mass is 9.80. The Morgan fingerprint density at radius 2 is 2.20 bits per heavy atom. The minimum absolute atomic E-state index is 0.308. The van der Waals surface area contributed by atoms with Crippen LogP contribution in [-0.4, -0.2) is 16.5 Å². The van der Waals surface area contributed by atoms with Crippen molar-refractivity contribution in [1.82, 2.24) is 15.3 Å². The van der Waals surface area contributed by atoms with Crippen molar-refractivity contribution in [3.8, 4) is 0 Å². The molecule has 1 aliphatic carbocycles. The summed E-state index contributed by atoms with van der Waals surface area (Å²) in [7, 11) is 0. The van der Waals surface area contributed by atoms with Crippen LogP contribution in [0.25, 0.3) is 0 Å². The molecule has 2 aromatic rings. The highest BCUT2D eigenvalue weighted by Crippen LogP contribution is 2.38. The molecule has 104 valence electrons. The van der Waals surface area contributed by atoms with Crippen LogP contribution < -0.4 is 5.32 Å². The lowest BCUT2D eigenvalue weighted by Gasteiger charge is -2.32. The summed E-state index contributed by atoms with van der Waals surface area (Å²) >= 11 is 0. The highest BCUT2D eigenvalue weighted by molar-refractivity contribution is 5.30. The number of aryl methyl sites for hydroxylation is 1. The number of aromatic nitrogens is 2. The normalized spacial score (nSPS) is 19.4. The van der Waals surface area contributed by atoms with Crippen molar-refractivity contribution >= 4 is 0 Å². The Labute approximate surface area is 120 Å². The number of pyridine rings is 2. The molecule has 0 bridgehead atoms. The molecule has 20 heavy (non-hydrogen) atoms. The van der Waals surface area contributed by atoms with Gasteiger partial charge in [0, 0.05) is 36.2 Å². The SMILES string of the molecule is CCNC(c1cccnc1)C1CCCc2cccnc21. The number of nitrogens with one attached hydrogen (secondary N) is 1. The van der Waals surface area contributed by atoms with Gasteiger partial charge in [0.2, 0.25) is 0 Å². The van der Waals surface area contributed by atoms with Crippen LogP contribution in [0.15, 0.2) is 42.9 Å². The summed E-state index contributed by atoms with van der Waals surface area (Å²) in [5.74, 6) is 0.448. The van der Waals surface area contributed by atoms with Crippen molar-refractivity contribution in [1.29, 1.82) is 0 Å². The molecular weight excluding hydrogens is 246 g/mol. The van der Waals surface area contributed by atoms with Crippen LogP contribution >= 0.6 is 0 Å². The molecule has 0 amide bonds. The van der Waals surface area contributed by atoms with E-state index in [1.165, 1.54) is 29.7 Å². The highest BCUT2D eigenvalue weighted by atomic mass is 14.9. The van der Waals surface area contributed by atoms with E-state index in [9.17, 15) is 0 Å². The Bertz CT molecular complexity index is 553. The third-order valence-electron chi connectivity index (χ3n) is 4.11. The topological polar surface area (TPSA) is 37.8 Å².